The van der Waals surface area contributed by atoms with Crippen molar-refractivity contribution in [3.63, 3.8) is 0 Å². The lowest BCUT2D eigenvalue weighted by molar-refractivity contribution is -0.161. The van der Waals surface area contributed by atoms with Gasteiger partial charge < -0.3 is 33.8 Å². The highest BCUT2D eigenvalue weighted by Crippen LogP contribution is 2.45. The second-order valence-electron chi connectivity index (χ2n) is 26.6. The third kappa shape index (κ3) is 75.4. The fourth-order valence-electron chi connectivity index (χ4n) is 10.3. The first-order chi connectivity index (χ1) is 50.7. The summed E-state index contributed by atoms with van der Waals surface area (Å²) in [6.45, 7) is 4.66. The Bertz CT molecular complexity index is 2490. The van der Waals surface area contributed by atoms with Gasteiger partial charge in [0.2, 0.25) is 0 Å². The molecular weight excluding hydrogens is 1350 g/mol. The van der Waals surface area contributed by atoms with Gasteiger partial charge in [-0.25, -0.2) is 9.13 Å². The van der Waals surface area contributed by atoms with Gasteiger partial charge in [0.15, 0.2) is 12.2 Å². The first kappa shape index (κ1) is 99.2. The van der Waals surface area contributed by atoms with E-state index in [0.29, 0.717) is 32.1 Å². The summed E-state index contributed by atoms with van der Waals surface area (Å²) in [6, 6.07) is 0. The van der Waals surface area contributed by atoms with Gasteiger partial charge in [-0.15, -0.1) is 0 Å². The van der Waals surface area contributed by atoms with Gasteiger partial charge in [0.25, 0.3) is 0 Å². The Balaban J connectivity index is 5.47. The van der Waals surface area contributed by atoms with Crippen molar-refractivity contribution in [2.45, 2.75) is 341 Å². The van der Waals surface area contributed by atoms with E-state index in [1.165, 1.54) is 77.0 Å². The molecule has 0 spiro atoms. The average Bonchev–Trinajstić information content (AvgIpc) is 0.926. The molecule has 0 aromatic carbocycles. The molecule has 0 aromatic rings. The van der Waals surface area contributed by atoms with E-state index in [9.17, 15) is 43.2 Å². The first-order valence-electron chi connectivity index (χ1n) is 40.4. The fourth-order valence-corrected chi connectivity index (χ4v) is 11.9. The zero-order valence-corrected chi connectivity index (χ0v) is 66.9. The van der Waals surface area contributed by atoms with Crippen LogP contribution >= 0.6 is 15.6 Å². The summed E-state index contributed by atoms with van der Waals surface area (Å²) in [7, 11) is -9.99. The predicted molar refractivity (Wildman–Crippen MR) is 427 cm³/mol. The number of ether oxygens (including phenoxy) is 4. The number of allylic oxidation sites excluding steroid dienone is 22. The minimum absolute atomic E-state index is 0.0541. The van der Waals surface area contributed by atoms with E-state index in [2.05, 4.69) is 149 Å². The summed E-state index contributed by atoms with van der Waals surface area (Å²) in [5.41, 5.74) is 0. The van der Waals surface area contributed by atoms with Crippen LogP contribution in [-0.4, -0.2) is 96.7 Å². The zero-order chi connectivity index (χ0) is 76.0. The maximum Gasteiger partial charge on any atom is 0.472 e. The van der Waals surface area contributed by atoms with E-state index >= 15 is 0 Å². The van der Waals surface area contributed by atoms with E-state index in [4.69, 9.17) is 37.0 Å². The molecule has 5 unspecified atom stereocenters. The third-order valence-corrected chi connectivity index (χ3v) is 18.5. The van der Waals surface area contributed by atoms with Crippen molar-refractivity contribution in [1.82, 2.24) is 0 Å². The Morgan fingerprint density at radius 3 is 0.760 bits per heavy atom. The monoisotopic (exact) mass is 1500 g/mol. The largest absolute Gasteiger partial charge is 0.472 e. The van der Waals surface area contributed by atoms with Crippen LogP contribution in [0.2, 0.25) is 0 Å². The van der Waals surface area contributed by atoms with Crippen molar-refractivity contribution >= 4 is 39.5 Å². The fraction of sp³-hybridized carbons (Fsp3) is 0.694. The normalized spacial score (nSPS) is 14.6. The van der Waals surface area contributed by atoms with Crippen molar-refractivity contribution < 1.29 is 80.2 Å². The van der Waals surface area contributed by atoms with Gasteiger partial charge in [0.1, 0.15) is 19.3 Å². The van der Waals surface area contributed by atoms with Gasteiger partial charge in [-0.2, -0.15) is 0 Å². The summed E-state index contributed by atoms with van der Waals surface area (Å²) >= 11 is 0. The number of hydrogen-bond donors (Lipinski definition) is 3. The SMILES string of the molecule is CCCCCC=CCC=CCC=CCC=CCCCC(=O)OCC(COP(=O)(O)OCC(O)COP(=O)(O)OCC(COC(=O)CCCCCCCC=CCC=CCCCCC)OC(=O)CCCCCCCC=CCC=CCCCCC)OC(=O)CCCCCCC=CCC=CCC=CCCCCC. The lowest BCUT2D eigenvalue weighted by Crippen LogP contribution is -2.30. The van der Waals surface area contributed by atoms with Crippen LogP contribution in [0.5, 0.6) is 0 Å². The van der Waals surface area contributed by atoms with Crippen molar-refractivity contribution in [1.29, 1.82) is 0 Å². The van der Waals surface area contributed by atoms with E-state index in [1.807, 2.05) is 12.2 Å². The van der Waals surface area contributed by atoms with Crippen LogP contribution < -0.4 is 0 Å². The molecule has 0 saturated heterocycles. The highest BCUT2D eigenvalue weighted by atomic mass is 31.2. The van der Waals surface area contributed by atoms with Crippen molar-refractivity contribution in [3.05, 3.63) is 134 Å². The summed E-state index contributed by atoms with van der Waals surface area (Å²) in [4.78, 5) is 73.0. The van der Waals surface area contributed by atoms with Crippen molar-refractivity contribution in [2.75, 3.05) is 39.6 Å². The number of phosphoric acid groups is 2. The first-order valence-corrected chi connectivity index (χ1v) is 43.4. The summed E-state index contributed by atoms with van der Waals surface area (Å²) in [5, 5.41) is 10.6. The second kappa shape index (κ2) is 76.4. The van der Waals surface area contributed by atoms with Crippen LogP contribution in [0.1, 0.15) is 323 Å². The standard InChI is InChI=1S/C85H144O17P2/c1-5-9-13-17-21-25-29-33-37-39-43-46-50-54-58-62-66-70-83(88)96-76-81(102-85(90)72-68-64-60-56-52-48-44-40-38-34-30-26-22-18-14-10-6-2)78-100-104(93,94)98-74-79(86)73-97-103(91,92)99-77-80(101-84(89)71-67-63-59-55-51-47-42-36-32-28-24-20-16-12-8-4)75-95-82(87)69-65-61-57-53-49-45-41-35-31-27-23-19-15-11-7-3/h21-28,33-38,41-44,46,48,54,58,79-81,86H,5-20,29-32,39-40,45,47,49-53,55-57,59-78H2,1-4H3,(H,91,92)(H,93,94). The Labute approximate surface area is 631 Å². The molecule has 0 radical (unpaired) electrons. The lowest BCUT2D eigenvalue weighted by atomic mass is 10.1. The van der Waals surface area contributed by atoms with Crippen LogP contribution in [0.3, 0.4) is 0 Å². The molecule has 0 amide bonds. The molecule has 0 rings (SSSR count). The van der Waals surface area contributed by atoms with E-state index in [0.717, 1.165) is 161 Å². The lowest BCUT2D eigenvalue weighted by Gasteiger charge is -2.21. The number of aliphatic hydroxyl groups excluding tert-OH is 1. The number of phosphoric ester groups is 2. The number of unbranched alkanes of at least 4 members (excludes halogenated alkanes) is 27. The summed E-state index contributed by atoms with van der Waals surface area (Å²) in [6.07, 6.45) is 85.7. The van der Waals surface area contributed by atoms with Crippen LogP contribution in [-0.2, 0) is 65.4 Å². The van der Waals surface area contributed by atoms with Gasteiger partial charge >= 0.3 is 39.5 Å². The molecule has 0 aliphatic carbocycles. The number of aliphatic hydroxyl groups is 1. The van der Waals surface area contributed by atoms with Gasteiger partial charge in [-0.05, 0) is 167 Å². The Kier molecular flexibility index (Phi) is 72.9. The van der Waals surface area contributed by atoms with E-state index in [-0.39, 0.29) is 25.7 Å². The number of hydrogen-bond acceptors (Lipinski definition) is 15. The van der Waals surface area contributed by atoms with Crippen molar-refractivity contribution in [2.24, 2.45) is 0 Å². The molecule has 0 fully saturated rings. The predicted octanol–water partition coefficient (Wildman–Crippen LogP) is 23.7. The maximum atomic E-state index is 13.1. The molecule has 0 aliphatic heterocycles. The third-order valence-electron chi connectivity index (χ3n) is 16.6. The van der Waals surface area contributed by atoms with Crippen LogP contribution in [0.15, 0.2) is 134 Å². The average molecular weight is 1500 g/mol. The Morgan fingerprint density at radius 2 is 0.481 bits per heavy atom. The van der Waals surface area contributed by atoms with Crippen LogP contribution in [0.4, 0.5) is 0 Å². The van der Waals surface area contributed by atoms with Gasteiger partial charge in [-0.1, -0.05) is 264 Å². The zero-order valence-electron chi connectivity index (χ0n) is 65.2. The molecule has 596 valence electrons. The molecule has 0 aliphatic rings. The molecule has 0 aromatic heterocycles. The molecule has 104 heavy (non-hydrogen) atoms. The molecular formula is C85H144O17P2. The summed E-state index contributed by atoms with van der Waals surface area (Å²) < 4.78 is 68.5. The molecule has 3 N–H and O–H groups in total. The van der Waals surface area contributed by atoms with E-state index < -0.39 is 97.5 Å². The molecule has 0 saturated carbocycles. The molecule has 0 heterocycles. The van der Waals surface area contributed by atoms with Crippen molar-refractivity contribution in [3.8, 4) is 0 Å². The Morgan fingerprint density at radius 1 is 0.269 bits per heavy atom. The number of carbonyl (C=O) groups excluding carboxylic acids is 4. The minimum atomic E-state index is -5.00. The second-order valence-corrected chi connectivity index (χ2v) is 29.5. The topological polar surface area (TPSA) is 237 Å². The number of esters is 4. The van der Waals surface area contributed by atoms with Gasteiger partial charge in [0, 0.05) is 25.7 Å². The van der Waals surface area contributed by atoms with Crippen LogP contribution in [0, 0.1) is 0 Å². The number of carbonyl (C=O) groups is 4. The molecule has 0 bridgehead atoms. The van der Waals surface area contributed by atoms with E-state index in [1.54, 1.807) is 0 Å². The maximum absolute atomic E-state index is 13.1. The van der Waals surface area contributed by atoms with Crippen LogP contribution in [0.25, 0.3) is 0 Å². The van der Waals surface area contributed by atoms with Gasteiger partial charge in [-0.3, -0.25) is 37.3 Å². The van der Waals surface area contributed by atoms with Gasteiger partial charge in [0.05, 0.1) is 26.4 Å². The highest BCUT2D eigenvalue weighted by molar-refractivity contribution is 7.47. The quantitative estimate of drug-likeness (QED) is 0.0169. The highest BCUT2D eigenvalue weighted by Gasteiger charge is 2.30. The molecule has 5 atom stereocenters. The number of rotatable bonds is 75. The molecule has 19 heteroatoms. The Hall–Kier alpha value is -4.80. The summed E-state index contributed by atoms with van der Waals surface area (Å²) in [5.74, 6) is -2.29. The minimum Gasteiger partial charge on any atom is -0.462 e. The smallest absolute Gasteiger partial charge is 0.462 e. The molecule has 17 nitrogen and oxygen atoms in total.